The number of rotatable bonds is 6. The van der Waals surface area contributed by atoms with E-state index in [2.05, 4.69) is 224 Å². The van der Waals surface area contributed by atoms with Crippen LogP contribution in [0.15, 0.2) is 181 Å². The molecule has 0 radical (unpaired) electrons. The Kier molecular flexibility index (Phi) is 10.1. The number of aromatic nitrogens is 3. The normalized spacial score (nSPS) is 15.8. The first kappa shape index (κ1) is 42.3. The second-order valence-corrected chi connectivity index (χ2v) is 26.0. The molecule has 2 aliphatic rings. The predicted molar refractivity (Wildman–Crippen MR) is 285 cm³/mol. The van der Waals surface area contributed by atoms with Crippen molar-refractivity contribution in [1.29, 1.82) is 0 Å². The van der Waals surface area contributed by atoms with E-state index < -0.39 is 8.07 Å². The van der Waals surface area contributed by atoms with Gasteiger partial charge in [-0.15, -0.1) is 0 Å². The summed E-state index contributed by atoms with van der Waals surface area (Å²) in [6.45, 7) is 19.8. The minimum Gasteiger partial charge on any atom is -0.455 e. The van der Waals surface area contributed by atoms with Crippen molar-refractivity contribution >= 4 is 51.9 Å². The van der Waals surface area contributed by atoms with Gasteiger partial charge in [-0.2, -0.15) is 13.7 Å². The molecule has 5 heteroatoms. The molecule has 334 valence electrons. The van der Waals surface area contributed by atoms with Crippen LogP contribution in [0.25, 0.3) is 89.3 Å². The first-order valence-electron chi connectivity index (χ1n) is 24.6. The molecule has 7 aromatic carbocycles. The van der Waals surface area contributed by atoms with Crippen molar-refractivity contribution in [3.05, 3.63) is 199 Å². The van der Waals surface area contributed by atoms with Crippen molar-refractivity contribution in [3.8, 4) is 50.6 Å². The number of pyridine rings is 1. The Hall–Kier alpha value is -7.08. The highest BCUT2D eigenvalue weighted by atomic mass is 28.3. The maximum Gasteiger partial charge on any atom is 0.304 e. The lowest BCUT2D eigenvalue weighted by molar-refractivity contribution is -0.719. The third-order valence-electron chi connectivity index (χ3n) is 14.9. The number of furan rings is 1. The van der Waals surface area contributed by atoms with Gasteiger partial charge < -0.3 is 4.42 Å². The summed E-state index contributed by atoms with van der Waals surface area (Å²) in [5, 5.41) is 3.83. The number of hydrogen-bond donors (Lipinski definition) is 0. The molecule has 0 saturated carbocycles. The van der Waals surface area contributed by atoms with E-state index in [0.717, 1.165) is 92.6 Å². The van der Waals surface area contributed by atoms with E-state index in [4.69, 9.17) is 11.0 Å². The zero-order chi connectivity index (χ0) is 46.4. The van der Waals surface area contributed by atoms with Gasteiger partial charge in [0.05, 0.1) is 14.5 Å². The number of benzene rings is 7. The molecule has 4 nitrogen and oxygen atoms in total. The fourth-order valence-corrected chi connectivity index (χ4v) is 13.6. The van der Waals surface area contributed by atoms with Gasteiger partial charge in [0.25, 0.3) is 0 Å². The Morgan fingerprint density at radius 3 is 2.13 bits per heavy atom. The molecule has 5 heterocycles. The SMILES string of the molecule is C=C1CC2C(CCc3ccc4c(oc5ccccc54)c3-c3n(-c4c(-c5ccccc5)cccc4-c4ccccc4)c4ccccc4[n+]31)c1cc(C)ccc1-c1cc(CC(C)C)c([Si](C)(C)C)c[n+]12. The molecule has 0 bridgehead atoms. The maximum absolute atomic E-state index is 7.18. The zero-order valence-electron chi connectivity index (χ0n) is 40.2. The summed E-state index contributed by atoms with van der Waals surface area (Å²) in [7, 11) is -1.76. The van der Waals surface area contributed by atoms with E-state index in [-0.39, 0.29) is 12.0 Å². The highest BCUT2D eigenvalue weighted by Crippen LogP contribution is 2.48. The van der Waals surface area contributed by atoms with Crippen LogP contribution in [0.4, 0.5) is 0 Å². The van der Waals surface area contributed by atoms with Crippen LogP contribution >= 0.6 is 0 Å². The first-order valence-corrected chi connectivity index (χ1v) is 28.1. The Morgan fingerprint density at radius 1 is 0.721 bits per heavy atom. The molecule has 0 spiro atoms. The summed E-state index contributed by atoms with van der Waals surface area (Å²) in [4.78, 5) is 0. The van der Waals surface area contributed by atoms with Crippen molar-refractivity contribution in [2.24, 2.45) is 5.92 Å². The quantitative estimate of drug-likeness (QED) is 0.121. The number of aryl methyl sites for hydroxylation is 2. The Labute approximate surface area is 401 Å². The summed E-state index contributed by atoms with van der Waals surface area (Å²) in [6.07, 6.45) is 6.32. The molecule has 0 amide bonds. The topological polar surface area (TPSA) is 25.8 Å². The van der Waals surface area contributed by atoms with E-state index in [1.807, 2.05) is 0 Å². The van der Waals surface area contributed by atoms with Crippen LogP contribution < -0.4 is 14.3 Å². The average Bonchev–Trinajstić information content (AvgIpc) is 3.89. The zero-order valence-corrected chi connectivity index (χ0v) is 41.2. The largest absolute Gasteiger partial charge is 0.455 e. The van der Waals surface area contributed by atoms with Crippen molar-refractivity contribution in [2.45, 2.75) is 78.1 Å². The summed E-state index contributed by atoms with van der Waals surface area (Å²) < 4.78 is 15.0. The molecular formula is C63H59N3OSi+2. The molecular weight excluding hydrogens is 843 g/mol. The van der Waals surface area contributed by atoms with Gasteiger partial charge in [-0.25, -0.2) is 0 Å². The molecule has 2 unspecified atom stereocenters. The van der Waals surface area contributed by atoms with Gasteiger partial charge in [0.2, 0.25) is 5.69 Å². The van der Waals surface area contributed by atoms with Gasteiger partial charge in [0, 0.05) is 44.6 Å². The Balaban J connectivity index is 1.21. The molecule has 0 aliphatic carbocycles. The molecule has 12 rings (SSSR count). The van der Waals surface area contributed by atoms with Crippen molar-refractivity contribution in [3.63, 3.8) is 0 Å². The Bertz CT molecular complexity index is 3570. The summed E-state index contributed by atoms with van der Waals surface area (Å²) >= 11 is 0. The number of allylic oxidation sites excluding steroid dienone is 1. The molecule has 68 heavy (non-hydrogen) atoms. The number of fused-ring (bicyclic) bond motifs is 15. The number of imidazole rings is 1. The lowest BCUT2D eigenvalue weighted by Gasteiger charge is -2.33. The number of nitrogens with zero attached hydrogens (tertiary/aromatic N) is 3. The van der Waals surface area contributed by atoms with E-state index in [0.29, 0.717) is 5.92 Å². The van der Waals surface area contributed by atoms with Crippen molar-refractivity contribution in [2.75, 3.05) is 0 Å². The lowest BCUT2D eigenvalue weighted by Crippen LogP contribution is -2.54. The van der Waals surface area contributed by atoms with Gasteiger partial charge in [-0.05, 0) is 84.2 Å². The highest BCUT2D eigenvalue weighted by molar-refractivity contribution is 6.89. The molecule has 0 fully saturated rings. The van der Waals surface area contributed by atoms with E-state index in [9.17, 15) is 0 Å². The Morgan fingerprint density at radius 2 is 1.41 bits per heavy atom. The monoisotopic (exact) mass is 901 g/mol. The van der Waals surface area contributed by atoms with Crippen LogP contribution in [0, 0.1) is 12.8 Å². The minimum absolute atomic E-state index is 0.144. The fourth-order valence-electron chi connectivity index (χ4n) is 11.9. The van der Waals surface area contributed by atoms with Gasteiger partial charge in [-0.3, -0.25) is 0 Å². The molecule has 3 aromatic heterocycles. The second kappa shape index (κ2) is 16.3. The molecule has 10 aromatic rings. The van der Waals surface area contributed by atoms with Crippen LogP contribution in [-0.2, 0) is 12.8 Å². The fraction of sp³-hybridized carbons (Fsp3) is 0.206. The minimum atomic E-state index is -1.76. The van der Waals surface area contributed by atoms with E-state index >= 15 is 0 Å². The second-order valence-electron chi connectivity index (χ2n) is 20.9. The third-order valence-corrected chi connectivity index (χ3v) is 17.0. The van der Waals surface area contributed by atoms with Gasteiger partial charge in [0.1, 0.15) is 22.5 Å². The number of para-hydroxylation sites is 4. The standard InChI is InChI=1S/C63H59N3OSi/c1-40(2)35-46-38-57-49-32-29-41(3)36-53(49)50-33-30-45-31-34-52-51-23-14-17-28-58(51)67-62(52)60(45)63-65(42(4)37-56(50)64(57)39-59(46)68(5,6)7)54-26-15-16-27-55(54)66(63)61-47(43-19-10-8-11-20-43)24-18-25-48(61)44-21-12-9-13-22-44/h8-29,31-32,34,36,38-40,50,56H,4,30,33,35,37H2,1-3,5-7H3/q+2. The first-order chi connectivity index (χ1) is 33.0. The van der Waals surface area contributed by atoms with Gasteiger partial charge in [0.15, 0.2) is 28.9 Å². The lowest BCUT2D eigenvalue weighted by atomic mass is 9.76. The predicted octanol–water partition coefficient (Wildman–Crippen LogP) is 15.0. The van der Waals surface area contributed by atoms with Gasteiger partial charge >= 0.3 is 5.82 Å². The summed E-state index contributed by atoms with van der Waals surface area (Å²) in [6, 6.07) is 60.8. The maximum atomic E-state index is 7.18. The van der Waals surface area contributed by atoms with Crippen molar-refractivity contribution < 1.29 is 13.6 Å². The molecule has 2 aliphatic heterocycles. The average molecular weight is 902 g/mol. The van der Waals surface area contributed by atoms with E-state index in [1.54, 1.807) is 5.19 Å². The van der Waals surface area contributed by atoms with E-state index in [1.165, 1.54) is 44.6 Å². The summed E-state index contributed by atoms with van der Waals surface area (Å²) in [5.41, 5.74) is 20.3. The smallest absolute Gasteiger partial charge is 0.304 e. The third kappa shape index (κ3) is 6.85. The van der Waals surface area contributed by atoms with Crippen LogP contribution in [0.5, 0.6) is 0 Å². The molecule has 0 N–H and O–H groups in total. The van der Waals surface area contributed by atoms with Crippen LogP contribution in [0.2, 0.25) is 19.6 Å². The highest BCUT2D eigenvalue weighted by Gasteiger charge is 2.45. The van der Waals surface area contributed by atoms with Gasteiger partial charge in [-0.1, -0.05) is 179 Å². The molecule has 0 saturated heterocycles. The van der Waals surface area contributed by atoms with Crippen LogP contribution in [-0.4, -0.2) is 12.6 Å². The van der Waals surface area contributed by atoms with Crippen LogP contribution in [0.3, 0.4) is 0 Å². The van der Waals surface area contributed by atoms with Crippen molar-refractivity contribution in [1.82, 2.24) is 4.57 Å². The van der Waals surface area contributed by atoms with Crippen LogP contribution in [0.1, 0.15) is 60.9 Å². The summed E-state index contributed by atoms with van der Waals surface area (Å²) in [5.74, 6) is 1.89. The number of hydrogen-bond acceptors (Lipinski definition) is 1. The molecule has 2 atom stereocenters.